The van der Waals surface area contributed by atoms with E-state index in [1.165, 1.54) is 38.2 Å². The standard InChI is InChI=1S/C23H28ClN5O3.C23H28ClN5O2.C22H26ClN5O3.C22H26ClN5O2.C16H16ClN5O2/c1-12-9-26-17(13(2)20(12)32-3)11-29-10-15(8-14-4-6-16(30)7-5-14)19(31)18-21(24)27-23(25)28-22(18)29;1-13-10-26-17(14(2)20(13)31-3)12-29-11-16(9-15-7-5-4-6-8-15)19(30)18-21(24)27-23(25)28-22(18)29;1-12-9-25-16(13(2)19(12)30-3)11-28-10-15(8-14-4-6-31-7-5-14)18(29)17-20(23)26-22(24)27-21(17)28;1-12-9-25-16(13(2)19(12)30-3)11-28-10-15(8-14-6-4-5-7-14)18(29)17-20(23)26-22(24)27-21(17)28;1-8-6-19-10(9(2)13(8)24-3)7-22-5-4-11(23)12-14(17)20-16(18)21-15(12)22/h9-10,14,16,30H,4-8,11H2,1-3H3,(H2,25,27,28);10-11,15H,4-9,12H2,1-3H3,(H2,25,27,28);9-10,14H,4-8,11H2,1-3H3,(H2,24,26,27);9-10,14H,4-8,11H2,1-3H3,(H2,24,26,27);4-6H,7H2,1-3H3,(H2,18,20,21). The van der Waals surface area contributed by atoms with Gasteiger partial charge in [-0.25, -0.2) is 24.9 Å². The summed E-state index contributed by atoms with van der Waals surface area (Å²) in [5.74, 6) is 5.88. The van der Waals surface area contributed by atoms with Gasteiger partial charge < -0.3 is 85.0 Å². The molecule has 42 heteroatoms. The topological polar surface area (TPSA) is 509 Å². The Balaban J connectivity index is 0.000000139. The number of anilines is 5. The van der Waals surface area contributed by atoms with Crippen LogP contribution in [0, 0.1) is 92.9 Å². The number of aliphatic hydroxyl groups excluding tert-OH is 1. The molecule has 15 aromatic rings. The molecule has 1 saturated heterocycles. The quantitative estimate of drug-likeness (QED) is 0.0324. The van der Waals surface area contributed by atoms with Gasteiger partial charge in [-0.2, -0.15) is 24.9 Å². The summed E-state index contributed by atoms with van der Waals surface area (Å²) in [5.41, 5.74) is 46.8. The summed E-state index contributed by atoms with van der Waals surface area (Å²) >= 11 is 31.5. The Labute approximate surface area is 879 Å². The number of ether oxygens (including phenoxy) is 6. The van der Waals surface area contributed by atoms with Crippen LogP contribution in [-0.2, 0) is 63.1 Å². The maximum absolute atomic E-state index is 13.3. The lowest BCUT2D eigenvalue weighted by atomic mass is 9.83. The summed E-state index contributed by atoms with van der Waals surface area (Å²) in [6.07, 6.45) is 36.5. The van der Waals surface area contributed by atoms with Crippen molar-refractivity contribution in [3.63, 3.8) is 0 Å². The first-order valence-electron chi connectivity index (χ1n) is 49.3. The zero-order valence-corrected chi connectivity index (χ0v) is 89.6. The molecule has 0 atom stereocenters. The zero-order valence-electron chi connectivity index (χ0n) is 85.8. The lowest BCUT2D eigenvalue weighted by Gasteiger charge is -2.25. The second-order valence-electron chi connectivity index (χ2n) is 38.5. The van der Waals surface area contributed by atoms with Gasteiger partial charge in [0.1, 0.15) is 81.4 Å². The predicted molar refractivity (Wildman–Crippen MR) is 578 cm³/mol. The van der Waals surface area contributed by atoms with Crippen molar-refractivity contribution in [2.45, 2.75) is 230 Å². The Hall–Kier alpha value is -13.4. The van der Waals surface area contributed by atoms with E-state index in [1.54, 1.807) is 77.3 Å². The van der Waals surface area contributed by atoms with Crippen molar-refractivity contribution in [3.8, 4) is 28.7 Å². The molecule has 3 aliphatic carbocycles. The van der Waals surface area contributed by atoms with Gasteiger partial charge in [-0.3, -0.25) is 48.9 Å². The largest absolute Gasteiger partial charge is 0.496 e. The average Bonchev–Trinajstić information content (AvgIpc) is 1.35. The minimum atomic E-state index is -0.252. The molecule has 0 radical (unpaired) electrons. The van der Waals surface area contributed by atoms with Crippen LogP contribution in [0.5, 0.6) is 28.7 Å². The van der Waals surface area contributed by atoms with E-state index in [0.29, 0.717) is 119 Å². The van der Waals surface area contributed by atoms with Crippen molar-refractivity contribution in [1.29, 1.82) is 0 Å². The molecule has 1 aliphatic heterocycles. The third-order valence-electron chi connectivity index (χ3n) is 28.4. The smallest absolute Gasteiger partial charge is 0.223 e. The summed E-state index contributed by atoms with van der Waals surface area (Å²) in [6, 6.07) is 1.43. The minimum absolute atomic E-state index is 0.0100. The van der Waals surface area contributed by atoms with Gasteiger partial charge in [0.25, 0.3) is 0 Å². The molecular weight excluding hydrogens is 1990 g/mol. The number of nitrogen functional groups attached to an aromatic ring is 5. The van der Waals surface area contributed by atoms with Gasteiger partial charge in [0.15, 0.2) is 55.4 Å². The molecule has 0 unspecified atom stereocenters. The number of halogens is 5. The summed E-state index contributed by atoms with van der Waals surface area (Å²) in [4.78, 5) is 130. The van der Waals surface area contributed by atoms with E-state index in [1.807, 2.05) is 112 Å². The first-order chi connectivity index (χ1) is 70.8. The lowest BCUT2D eigenvalue weighted by Crippen LogP contribution is -2.24. The molecule has 11 N–H and O–H groups in total. The van der Waals surface area contributed by atoms with Gasteiger partial charge in [-0.05, 0) is 157 Å². The summed E-state index contributed by atoms with van der Waals surface area (Å²) < 4.78 is 42.4. The van der Waals surface area contributed by atoms with Gasteiger partial charge >= 0.3 is 0 Å². The second kappa shape index (κ2) is 47.8. The highest BCUT2D eigenvalue weighted by Gasteiger charge is 2.30. The van der Waals surface area contributed by atoms with E-state index in [4.69, 9.17) is 115 Å². The monoisotopic (exact) mass is 2110 g/mol. The highest BCUT2D eigenvalue weighted by atomic mass is 35.5. The Kier molecular flexibility index (Phi) is 35.1. The molecule has 0 bridgehead atoms. The van der Waals surface area contributed by atoms with Crippen molar-refractivity contribution >= 4 is 143 Å². The number of methoxy groups -OCH3 is 5. The van der Waals surface area contributed by atoms with Crippen molar-refractivity contribution in [2.24, 2.45) is 23.7 Å². The third kappa shape index (κ3) is 24.3. The lowest BCUT2D eigenvalue weighted by molar-refractivity contribution is 0.0664. The molecule has 0 aromatic carbocycles. The van der Waals surface area contributed by atoms with Crippen LogP contribution in [0.4, 0.5) is 29.7 Å². The van der Waals surface area contributed by atoms with E-state index < -0.39 is 0 Å². The van der Waals surface area contributed by atoms with Gasteiger partial charge in [0.05, 0.1) is 103 Å². The molecule has 16 heterocycles. The van der Waals surface area contributed by atoms with E-state index in [9.17, 15) is 29.1 Å². The molecule has 19 rings (SSSR count). The summed E-state index contributed by atoms with van der Waals surface area (Å²) in [7, 11) is 8.22. The van der Waals surface area contributed by atoms with Crippen LogP contribution < -0.4 is 79.5 Å². The number of nitrogens with zero attached hydrogens (tertiary/aromatic N) is 20. The molecule has 4 aliphatic rings. The van der Waals surface area contributed by atoms with Crippen LogP contribution in [-0.4, -0.2) is 158 Å². The number of aliphatic hydroxyl groups is 1. The van der Waals surface area contributed by atoms with Gasteiger partial charge in [-0.15, -0.1) is 0 Å². The number of aryl methyl sites for hydroxylation is 5. The van der Waals surface area contributed by atoms with E-state index in [0.717, 1.165) is 214 Å². The van der Waals surface area contributed by atoms with Crippen molar-refractivity contribution in [2.75, 3.05) is 77.4 Å². The van der Waals surface area contributed by atoms with Gasteiger partial charge in [0.2, 0.25) is 29.7 Å². The number of hydrogen-bond donors (Lipinski definition) is 6. The third-order valence-corrected chi connectivity index (χ3v) is 29.8. The Morgan fingerprint density at radius 2 is 0.547 bits per heavy atom. The fourth-order valence-corrected chi connectivity index (χ4v) is 22.0. The molecule has 4 fully saturated rings. The van der Waals surface area contributed by atoms with Crippen LogP contribution in [0.1, 0.15) is 203 Å². The average molecular weight is 2120 g/mol. The van der Waals surface area contributed by atoms with Crippen LogP contribution in [0.3, 0.4) is 0 Å². The number of nitrogens with two attached hydrogens (primary N) is 5. The van der Waals surface area contributed by atoms with Crippen LogP contribution in [0.2, 0.25) is 25.8 Å². The Bertz CT molecular complexity index is 7690. The summed E-state index contributed by atoms with van der Waals surface area (Å²) in [5, 5.41) is 11.6. The number of fused-ring (bicyclic) bond motifs is 5. The van der Waals surface area contributed by atoms with E-state index in [2.05, 4.69) is 74.8 Å². The number of aromatic nitrogens is 20. The van der Waals surface area contributed by atoms with Crippen LogP contribution in [0.25, 0.3) is 55.2 Å². The van der Waals surface area contributed by atoms with Crippen LogP contribution in [0.15, 0.2) is 92.0 Å². The Morgan fingerprint density at radius 3 is 0.811 bits per heavy atom. The molecule has 3 saturated carbocycles. The molecule has 148 heavy (non-hydrogen) atoms. The van der Waals surface area contributed by atoms with Crippen LogP contribution >= 0.6 is 58.0 Å². The normalized spacial score (nSPS) is 15.0. The number of rotatable bonds is 23. The predicted octanol–water partition coefficient (Wildman–Crippen LogP) is 16.4. The number of pyridine rings is 10. The first kappa shape index (κ1) is 109. The van der Waals surface area contributed by atoms with Gasteiger partial charge in [-0.1, -0.05) is 116 Å². The molecule has 0 amide bonds. The molecular formula is C106H124Cl5N25O12. The maximum atomic E-state index is 13.3. The fraction of sp³-hybridized carbons (Fsp3) is 0.434. The van der Waals surface area contributed by atoms with Crippen molar-refractivity contribution in [1.82, 2.24) is 97.6 Å². The molecule has 37 nitrogen and oxygen atoms in total. The molecule has 15 aromatic heterocycles. The van der Waals surface area contributed by atoms with E-state index in [-0.39, 0.29) is 105 Å². The van der Waals surface area contributed by atoms with Crippen molar-refractivity contribution in [3.05, 3.63) is 251 Å². The first-order valence-corrected chi connectivity index (χ1v) is 51.2. The summed E-state index contributed by atoms with van der Waals surface area (Å²) in [6.45, 7) is 23.1. The zero-order chi connectivity index (χ0) is 106. The molecule has 780 valence electrons. The minimum Gasteiger partial charge on any atom is -0.496 e. The van der Waals surface area contributed by atoms with Gasteiger partial charge in [0, 0.05) is 159 Å². The maximum Gasteiger partial charge on any atom is 0.223 e. The highest BCUT2D eigenvalue weighted by Crippen LogP contribution is 2.38. The second-order valence-corrected chi connectivity index (χ2v) is 40.3. The molecule has 0 spiro atoms. The SMILES string of the molecule is COc1c(C)cnc(Cn2cc(CC3CCC(O)CC3)c(=O)c3c(Cl)nc(N)nc32)c1C.COc1c(C)cnc(Cn2cc(CC3CCCC3)c(=O)c3c(Cl)nc(N)nc32)c1C.COc1c(C)cnc(Cn2cc(CC3CCCCC3)c(=O)c3c(Cl)nc(N)nc32)c1C.COc1c(C)cnc(Cn2cc(CC3CCOCC3)c(=O)c3c(Cl)nc(N)nc32)c1C.COc1c(C)cnc(Cn2ccc(=O)c3c(Cl)nc(N)nc32)c1C. The Morgan fingerprint density at radius 1 is 0.318 bits per heavy atom. The van der Waals surface area contributed by atoms with Crippen molar-refractivity contribution < 1.29 is 33.5 Å². The highest BCUT2D eigenvalue weighted by molar-refractivity contribution is 6.35. The fourth-order valence-electron chi connectivity index (χ4n) is 20.7. The van der Waals surface area contributed by atoms with E-state index >= 15 is 0 Å². The number of hydrogen-bond acceptors (Lipinski definition) is 32.